The van der Waals surface area contributed by atoms with Gasteiger partial charge in [0.15, 0.2) is 0 Å². The van der Waals surface area contributed by atoms with E-state index in [0.29, 0.717) is 4.47 Å². The highest BCUT2D eigenvalue weighted by Gasteiger charge is 2.12. The summed E-state index contributed by atoms with van der Waals surface area (Å²) in [6, 6.07) is 0. The van der Waals surface area contributed by atoms with E-state index in [1.54, 1.807) is 6.92 Å². The number of aromatic nitrogens is 2. The highest BCUT2D eigenvalue weighted by Crippen LogP contribution is 2.11. The molecule has 0 saturated heterocycles. The second-order valence-electron chi connectivity index (χ2n) is 2.95. The quantitative estimate of drug-likeness (QED) is 0.489. The molecule has 0 aliphatic heterocycles. The van der Waals surface area contributed by atoms with Gasteiger partial charge in [-0.2, -0.15) is 10.2 Å². The number of hydrogen-bond acceptors (Lipinski definition) is 5. The third-order valence-electron chi connectivity index (χ3n) is 1.72. The van der Waals surface area contributed by atoms with Crippen LogP contribution in [0.4, 0.5) is 0 Å². The zero-order chi connectivity index (χ0) is 12.8. The van der Waals surface area contributed by atoms with E-state index in [1.165, 1.54) is 13.1 Å². The maximum absolute atomic E-state index is 11.5. The number of carbonyl (C=O) groups is 2. The lowest BCUT2D eigenvalue weighted by atomic mass is 10.4. The molecule has 7 nitrogen and oxygen atoms in total. The number of halogens is 1. The van der Waals surface area contributed by atoms with Gasteiger partial charge in [0.1, 0.15) is 11.4 Å². The van der Waals surface area contributed by atoms with Crippen LogP contribution < -0.4 is 5.43 Å². The maximum Gasteiger partial charge on any atom is 0.354 e. The molecule has 0 unspecified atom stereocenters. The Kier molecular flexibility index (Phi) is 4.83. The molecule has 0 saturated carbocycles. The lowest BCUT2D eigenvalue weighted by molar-refractivity contribution is -0.135. The largest absolute Gasteiger partial charge is 0.461 e. The third kappa shape index (κ3) is 3.66. The van der Waals surface area contributed by atoms with Gasteiger partial charge in [-0.1, -0.05) is 0 Å². The number of ether oxygens (including phenoxy) is 1. The summed E-state index contributed by atoms with van der Waals surface area (Å²) < 4.78 is 5.21. The minimum absolute atomic E-state index is 0.0656. The molecule has 1 aromatic rings. The molecule has 1 aromatic heterocycles. The molecular weight excluding hydrogens is 292 g/mol. The van der Waals surface area contributed by atoms with Crippen LogP contribution in [0.1, 0.15) is 24.3 Å². The van der Waals surface area contributed by atoms with Crippen molar-refractivity contribution < 1.29 is 14.3 Å². The SMILES string of the molecule is CCOC(=O)/C(C)=N/NC(=O)c1[nH]ncc1Br. The normalized spacial score (nSPS) is 11.1. The molecule has 8 heteroatoms. The van der Waals surface area contributed by atoms with Gasteiger partial charge in [-0.05, 0) is 29.8 Å². The molecule has 2 N–H and O–H groups in total. The van der Waals surface area contributed by atoms with Crippen molar-refractivity contribution in [1.82, 2.24) is 15.6 Å². The minimum Gasteiger partial charge on any atom is -0.461 e. The molecule has 0 atom stereocenters. The predicted octanol–water partition coefficient (Wildman–Crippen LogP) is 0.841. The Bertz CT molecular complexity index is 455. The molecule has 1 heterocycles. The van der Waals surface area contributed by atoms with E-state index in [9.17, 15) is 9.59 Å². The standard InChI is InChI=1S/C9H11BrN4O3/c1-3-17-9(16)5(2)12-14-8(15)7-6(10)4-11-13-7/h4H,3H2,1-2H3,(H,11,13)(H,14,15)/b12-5+. The van der Waals surface area contributed by atoms with Gasteiger partial charge in [0.05, 0.1) is 17.3 Å². The van der Waals surface area contributed by atoms with Crippen LogP contribution in [0.3, 0.4) is 0 Å². The highest BCUT2D eigenvalue weighted by molar-refractivity contribution is 9.10. The first-order valence-electron chi connectivity index (χ1n) is 4.76. The van der Waals surface area contributed by atoms with Gasteiger partial charge in [-0.3, -0.25) is 9.89 Å². The first kappa shape index (κ1) is 13.4. The first-order valence-corrected chi connectivity index (χ1v) is 5.56. The van der Waals surface area contributed by atoms with E-state index in [2.05, 4.69) is 36.7 Å². The van der Waals surface area contributed by atoms with Crippen LogP contribution in [0.15, 0.2) is 15.8 Å². The lowest BCUT2D eigenvalue weighted by Gasteiger charge is -2.01. The summed E-state index contributed by atoms with van der Waals surface area (Å²) in [7, 11) is 0. The smallest absolute Gasteiger partial charge is 0.354 e. The van der Waals surface area contributed by atoms with Crippen LogP contribution in [0.5, 0.6) is 0 Å². The molecule has 0 radical (unpaired) electrons. The van der Waals surface area contributed by atoms with Gasteiger partial charge in [0, 0.05) is 0 Å². The van der Waals surface area contributed by atoms with E-state index >= 15 is 0 Å². The summed E-state index contributed by atoms with van der Waals surface area (Å²) >= 11 is 3.13. The molecular formula is C9H11BrN4O3. The molecule has 17 heavy (non-hydrogen) atoms. The molecule has 0 bridgehead atoms. The van der Waals surface area contributed by atoms with Gasteiger partial charge in [0.25, 0.3) is 5.91 Å². The number of hydrogen-bond donors (Lipinski definition) is 2. The van der Waals surface area contributed by atoms with Crippen molar-refractivity contribution in [3.8, 4) is 0 Å². The monoisotopic (exact) mass is 302 g/mol. The number of carbonyl (C=O) groups excluding carboxylic acids is 2. The van der Waals surface area contributed by atoms with Crippen molar-refractivity contribution in [1.29, 1.82) is 0 Å². The summed E-state index contributed by atoms with van der Waals surface area (Å²) in [5.41, 5.74) is 2.50. The lowest BCUT2D eigenvalue weighted by Crippen LogP contribution is -2.23. The second kappa shape index (κ2) is 6.14. The third-order valence-corrected chi connectivity index (χ3v) is 2.32. The van der Waals surface area contributed by atoms with Crippen LogP contribution >= 0.6 is 15.9 Å². The van der Waals surface area contributed by atoms with Gasteiger partial charge in [0.2, 0.25) is 0 Å². The summed E-state index contributed by atoms with van der Waals surface area (Å²) in [5, 5.41) is 9.76. The number of nitrogens with one attached hydrogen (secondary N) is 2. The Hall–Kier alpha value is -1.70. The average Bonchev–Trinajstić information content (AvgIpc) is 2.72. The van der Waals surface area contributed by atoms with Gasteiger partial charge >= 0.3 is 5.97 Å². The Morgan fingerprint density at radius 3 is 2.88 bits per heavy atom. The Morgan fingerprint density at radius 1 is 1.65 bits per heavy atom. The van der Waals surface area contributed by atoms with Crippen LogP contribution in [0.25, 0.3) is 0 Å². The topological polar surface area (TPSA) is 96.4 Å². The molecule has 0 aliphatic carbocycles. The highest BCUT2D eigenvalue weighted by atomic mass is 79.9. The fourth-order valence-corrected chi connectivity index (χ4v) is 1.27. The maximum atomic E-state index is 11.5. The van der Waals surface area contributed by atoms with E-state index in [-0.39, 0.29) is 18.0 Å². The van der Waals surface area contributed by atoms with Gasteiger partial charge < -0.3 is 4.74 Å². The van der Waals surface area contributed by atoms with Crippen molar-refractivity contribution >= 4 is 33.5 Å². The van der Waals surface area contributed by atoms with Crippen molar-refractivity contribution in [2.24, 2.45) is 5.10 Å². The average molecular weight is 303 g/mol. The molecule has 0 aromatic carbocycles. The van der Waals surface area contributed by atoms with Crippen molar-refractivity contribution in [3.63, 3.8) is 0 Å². The summed E-state index contributed by atoms with van der Waals surface area (Å²) in [6.07, 6.45) is 1.44. The van der Waals surface area contributed by atoms with E-state index in [4.69, 9.17) is 4.74 Å². The second-order valence-corrected chi connectivity index (χ2v) is 3.81. The number of hydrazone groups is 1. The van der Waals surface area contributed by atoms with Gasteiger partial charge in [-0.25, -0.2) is 10.2 Å². The molecule has 0 fully saturated rings. The molecule has 1 rings (SSSR count). The zero-order valence-corrected chi connectivity index (χ0v) is 10.9. The van der Waals surface area contributed by atoms with E-state index in [1.807, 2.05) is 0 Å². The number of esters is 1. The minimum atomic E-state index is -0.573. The molecule has 0 aliphatic rings. The Morgan fingerprint density at radius 2 is 2.35 bits per heavy atom. The number of amides is 1. The van der Waals surface area contributed by atoms with Crippen molar-refractivity contribution in [2.75, 3.05) is 6.61 Å². The number of rotatable bonds is 4. The number of nitrogens with zero attached hydrogens (tertiary/aromatic N) is 2. The summed E-state index contributed by atoms with van der Waals surface area (Å²) in [5.74, 6) is -1.07. The van der Waals surface area contributed by atoms with Crippen molar-refractivity contribution in [3.05, 3.63) is 16.4 Å². The fourth-order valence-electron chi connectivity index (χ4n) is 0.902. The fraction of sp³-hybridized carbons (Fsp3) is 0.333. The van der Waals surface area contributed by atoms with Crippen LogP contribution in [0.2, 0.25) is 0 Å². The number of H-pyrrole nitrogens is 1. The molecule has 1 amide bonds. The summed E-state index contributed by atoms with van der Waals surface area (Å²) in [6.45, 7) is 3.39. The van der Waals surface area contributed by atoms with Crippen molar-refractivity contribution in [2.45, 2.75) is 13.8 Å². The van der Waals surface area contributed by atoms with E-state index < -0.39 is 11.9 Å². The summed E-state index contributed by atoms with van der Waals surface area (Å²) in [4.78, 5) is 22.7. The predicted molar refractivity (Wildman–Crippen MR) is 63.5 cm³/mol. The van der Waals surface area contributed by atoms with E-state index in [0.717, 1.165) is 0 Å². The first-order chi connectivity index (χ1) is 8.06. The van der Waals surface area contributed by atoms with Gasteiger partial charge in [-0.15, -0.1) is 0 Å². The zero-order valence-electron chi connectivity index (χ0n) is 9.28. The Labute approximate surface area is 106 Å². The van der Waals surface area contributed by atoms with Crippen LogP contribution in [-0.2, 0) is 9.53 Å². The molecule has 92 valence electrons. The van der Waals surface area contributed by atoms with Crippen LogP contribution in [0, 0.1) is 0 Å². The Balaban J connectivity index is 2.62. The number of aromatic amines is 1. The molecule has 0 spiro atoms. The van der Waals surface area contributed by atoms with Crippen LogP contribution in [-0.4, -0.2) is 34.4 Å².